The number of likely N-dealkylation sites (tertiary alicyclic amines) is 1. The van der Waals surface area contributed by atoms with Crippen molar-refractivity contribution in [3.8, 4) is 17.2 Å². The van der Waals surface area contributed by atoms with Crippen LogP contribution in [0.2, 0.25) is 0 Å². The minimum absolute atomic E-state index is 0.0356. The number of thiol groups is 1. The summed E-state index contributed by atoms with van der Waals surface area (Å²) in [4.78, 5) is 56.7. The van der Waals surface area contributed by atoms with Crippen molar-refractivity contribution in [1.82, 2.24) is 20.1 Å². The monoisotopic (exact) mass is 792 g/mol. The zero-order chi connectivity index (χ0) is 39.6. The predicted octanol–water partition coefficient (Wildman–Crippen LogP) is 4.85. The van der Waals surface area contributed by atoms with Crippen molar-refractivity contribution in [2.75, 3.05) is 52.8 Å². The number of ether oxygens (including phenoxy) is 3. The Kier molecular flexibility index (Phi) is 18.1. The molecule has 0 saturated carbocycles. The van der Waals surface area contributed by atoms with Crippen LogP contribution in [0.4, 0.5) is 10.5 Å². The summed E-state index contributed by atoms with van der Waals surface area (Å²) < 4.78 is 16.6. The van der Waals surface area contributed by atoms with Crippen molar-refractivity contribution in [1.29, 1.82) is 0 Å². The lowest BCUT2D eigenvalue weighted by Gasteiger charge is -2.24. The van der Waals surface area contributed by atoms with Crippen LogP contribution in [-0.4, -0.2) is 105 Å². The summed E-state index contributed by atoms with van der Waals surface area (Å²) in [6, 6.07) is 20.0. The van der Waals surface area contributed by atoms with Gasteiger partial charge in [0.05, 0.1) is 20.8 Å². The number of carbonyl (C=O) groups excluding carboxylic acids is 4. The molecule has 1 aliphatic heterocycles. The van der Waals surface area contributed by atoms with Crippen LogP contribution >= 0.6 is 21.4 Å². The van der Waals surface area contributed by atoms with Crippen molar-refractivity contribution in [2.45, 2.75) is 62.7 Å². The number of rotatable bonds is 22. The highest BCUT2D eigenvalue weighted by atomic mass is 32.1. The Balaban J connectivity index is 1.09. The van der Waals surface area contributed by atoms with Gasteiger partial charge < -0.3 is 44.7 Å². The Morgan fingerprint density at radius 3 is 2.47 bits per heavy atom. The SMILES string of the molecule is COc1ccc(CCCc2cccc(OCCNC(=O)CCCCCN(C)C(=O)c3cccc(NC(=O)[C@@H]4C[C@H](S)CN4C(=O)PN[B]O)c3)c2)cc1OC. The van der Waals surface area contributed by atoms with Gasteiger partial charge in [-0.15, -0.1) is 0 Å². The maximum Gasteiger partial charge on any atom is 0.397 e. The topological polar surface area (TPSA) is 159 Å². The Morgan fingerprint density at radius 2 is 1.71 bits per heavy atom. The summed E-state index contributed by atoms with van der Waals surface area (Å²) in [5.74, 6) is 1.64. The molecule has 1 fully saturated rings. The van der Waals surface area contributed by atoms with Crippen LogP contribution in [0.3, 0.4) is 0 Å². The molecule has 3 aromatic carbocycles. The molecule has 3 aromatic rings. The highest BCUT2D eigenvalue weighted by molar-refractivity contribution is 7.81. The standard InChI is InChI=1S/C39H52BN5O8PS/c1-44(38(48)29-13-9-14-30(24-29)42-37(47)33-25-32(55)26-45(33)39(49)54-43-40-50)20-6-4-5-16-36(46)41-19-21-53-31-15-8-12-27(22-31)10-7-11-28-17-18-34(51-2)35(23-28)52-3/h8-9,12-15,17-18,22-24,32-33,43,50,54-55H,4-7,10-11,16,19-21,25-26H2,1-3H3,(H,41,46)(H,42,47)/t32-,33-/m0/s1. The van der Waals surface area contributed by atoms with Gasteiger partial charge in [0.25, 0.3) is 11.6 Å². The second kappa shape index (κ2) is 22.9. The zero-order valence-electron chi connectivity index (χ0n) is 31.7. The minimum atomic E-state index is -0.706. The minimum Gasteiger partial charge on any atom is -0.493 e. The van der Waals surface area contributed by atoms with Crippen molar-refractivity contribution in [3.05, 3.63) is 83.4 Å². The van der Waals surface area contributed by atoms with Crippen LogP contribution < -0.4 is 29.8 Å². The first-order chi connectivity index (χ1) is 26.6. The number of benzene rings is 3. The molecular formula is C39H52BN5O8PS. The molecule has 0 spiro atoms. The van der Waals surface area contributed by atoms with E-state index in [4.69, 9.17) is 19.2 Å². The van der Waals surface area contributed by atoms with E-state index in [1.54, 1.807) is 50.4 Å². The molecule has 0 aromatic heterocycles. The number of unbranched alkanes of at least 4 members (excludes halogenated alkanes) is 2. The lowest BCUT2D eigenvalue weighted by atomic mass is 10.0. The number of nitrogens with zero attached hydrogens (tertiary/aromatic N) is 2. The van der Waals surface area contributed by atoms with Gasteiger partial charge in [0.2, 0.25) is 11.8 Å². The number of hydrogen-bond acceptors (Lipinski definition) is 10. The third-order valence-electron chi connectivity index (χ3n) is 9.18. The average Bonchev–Trinajstić information content (AvgIpc) is 3.60. The lowest BCUT2D eigenvalue weighted by molar-refractivity contribution is -0.121. The van der Waals surface area contributed by atoms with Crippen LogP contribution in [0.5, 0.6) is 17.2 Å². The third-order valence-corrected chi connectivity index (χ3v) is 10.3. The number of amides is 4. The fourth-order valence-corrected chi connectivity index (χ4v) is 7.27. The van der Waals surface area contributed by atoms with Gasteiger partial charge in [-0.1, -0.05) is 30.7 Å². The van der Waals surface area contributed by atoms with Gasteiger partial charge in [0.15, 0.2) is 11.5 Å². The maximum absolute atomic E-state index is 13.1. The second-order valence-electron chi connectivity index (χ2n) is 13.3. The summed E-state index contributed by atoms with van der Waals surface area (Å²) in [5, 5.41) is 14.5. The number of aryl methyl sites for hydroxylation is 2. The third kappa shape index (κ3) is 14.1. The van der Waals surface area contributed by atoms with Gasteiger partial charge in [-0.2, -0.15) is 12.6 Å². The van der Waals surface area contributed by atoms with E-state index in [2.05, 4.69) is 40.4 Å². The Morgan fingerprint density at radius 1 is 0.945 bits per heavy atom. The first kappa shape index (κ1) is 43.4. The van der Waals surface area contributed by atoms with E-state index < -0.39 is 14.8 Å². The molecule has 0 bridgehead atoms. The van der Waals surface area contributed by atoms with E-state index in [1.165, 1.54) is 16.0 Å². The number of nitrogens with one attached hydrogen (secondary N) is 3. The van der Waals surface area contributed by atoms with Gasteiger partial charge in [-0.05, 0) is 92.1 Å². The van der Waals surface area contributed by atoms with Gasteiger partial charge in [-0.3, -0.25) is 19.2 Å². The van der Waals surface area contributed by atoms with E-state index in [1.807, 2.05) is 30.3 Å². The van der Waals surface area contributed by atoms with Crippen molar-refractivity contribution >= 4 is 58.0 Å². The van der Waals surface area contributed by atoms with Crippen LogP contribution in [0.25, 0.3) is 0 Å². The van der Waals surface area contributed by atoms with E-state index in [0.717, 1.165) is 49.4 Å². The zero-order valence-corrected chi connectivity index (χ0v) is 33.6. The van der Waals surface area contributed by atoms with Crippen LogP contribution in [0.1, 0.15) is 60.0 Å². The lowest BCUT2D eigenvalue weighted by Crippen LogP contribution is -2.42. The molecule has 0 aliphatic carbocycles. The molecule has 1 heterocycles. The molecule has 1 saturated heterocycles. The molecule has 13 nitrogen and oxygen atoms in total. The summed E-state index contributed by atoms with van der Waals surface area (Å²) >= 11 is 4.46. The van der Waals surface area contributed by atoms with E-state index in [-0.39, 0.29) is 28.6 Å². The number of anilines is 1. The maximum atomic E-state index is 13.1. The second-order valence-corrected chi connectivity index (χ2v) is 15.0. The Bertz CT molecular complexity index is 1740. The molecule has 16 heteroatoms. The molecule has 295 valence electrons. The molecule has 4 rings (SSSR count). The van der Waals surface area contributed by atoms with Gasteiger partial charge in [-0.25, -0.2) is 0 Å². The summed E-state index contributed by atoms with van der Waals surface area (Å²) in [6.07, 6.45) is 5.81. The summed E-state index contributed by atoms with van der Waals surface area (Å²) in [6.45, 7) is 1.62. The molecule has 4 amide bonds. The molecule has 1 radical (unpaired) electrons. The fourth-order valence-electron chi connectivity index (χ4n) is 6.31. The normalized spacial score (nSPS) is 15.1. The number of carbonyl (C=O) groups is 4. The van der Waals surface area contributed by atoms with E-state index in [0.29, 0.717) is 64.4 Å². The summed E-state index contributed by atoms with van der Waals surface area (Å²) in [7, 11) is 5.29. The Labute approximate surface area is 331 Å². The molecular weight excluding hydrogens is 740 g/mol. The van der Waals surface area contributed by atoms with Crippen LogP contribution in [-0.2, 0) is 22.4 Å². The summed E-state index contributed by atoms with van der Waals surface area (Å²) in [5.41, 5.74) is 2.96. The Hall–Kier alpha value is -4.30. The number of hydrogen-bond donors (Lipinski definition) is 5. The number of methoxy groups -OCH3 is 2. The highest BCUT2D eigenvalue weighted by Crippen LogP contribution is 2.29. The van der Waals surface area contributed by atoms with Crippen molar-refractivity contribution in [2.24, 2.45) is 0 Å². The molecule has 1 aliphatic rings. The van der Waals surface area contributed by atoms with Crippen LogP contribution in [0.15, 0.2) is 66.7 Å². The predicted molar refractivity (Wildman–Crippen MR) is 220 cm³/mol. The highest BCUT2D eigenvalue weighted by Gasteiger charge is 2.38. The smallest absolute Gasteiger partial charge is 0.397 e. The first-order valence-electron chi connectivity index (χ1n) is 18.4. The molecule has 4 N–H and O–H groups in total. The largest absolute Gasteiger partial charge is 0.493 e. The van der Waals surface area contributed by atoms with Crippen molar-refractivity contribution < 1.29 is 38.4 Å². The van der Waals surface area contributed by atoms with E-state index >= 15 is 0 Å². The van der Waals surface area contributed by atoms with Crippen LogP contribution in [0, 0.1) is 0 Å². The van der Waals surface area contributed by atoms with Gasteiger partial charge in [0.1, 0.15) is 18.4 Å². The van der Waals surface area contributed by atoms with E-state index in [9.17, 15) is 19.2 Å². The fraction of sp³-hybridized carbons (Fsp3) is 0.436. The molecule has 3 atom stereocenters. The first-order valence-corrected chi connectivity index (χ1v) is 19.9. The average molecular weight is 793 g/mol. The molecule has 55 heavy (non-hydrogen) atoms. The molecule has 1 unspecified atom stereocenters. The van der Waals surface area contributed by atoms with Gasteiger partial charge >= 0.3 is 7.62 Å². The quantitative estimate of drug-likeness (QED) is 0.0416. The van der Waals surface area contributed by atoms with Crippen molar-refractivity contribution in [3.63, 3.8) is 0 Å². The van der Waals surface area contributed by atoms with Gasteiger partial charge in [0, 0.05) is 51.8 Å².